The van der Waals surface area contributed by atoms with E-state index in [1.54, 1.807) is 24.3 Å². The molecule has 1 atom stereocenters. The maximum atomic E-state index is 13.5. The summed E-state index contributed by atoms with van der Waals surface area (Å²) in [6.07, 6.45) is 0. The highest BCUT2D eigenvalue weighted by atomic mass is 32.2. The fourth-order valence-electron chi connectivity index (χ4n) is 3.25. The first-order valence-electron chi connectivity index (χ1n) is 9.98. The van der Waals surface area contributed by atoms with Crippen molar-refractivity contribution in [1.29, 1.82) is 0 Å². The number of ether oxygens (including phenoxy) is 1. The third-order valence-electron chi connectivity index (χ3n) is 4.88. The van der Waals surface area contributed by atoms with Gasteiger partial charge in [0.2, 0.25) is 5.91 Å². The van der Waals surface area contributed by atoms with Crippen molar-refractivity contribution in [3.63, 3.8) is 0 Å². The molecule has 0 radical (unpaired) electrons. The third kappa shape index (κ3) is 5.28. The van der Waals surface area contributed by atoms with E-state index in [4.69, 9.17) is 4.74 Å². The summed E-state index contributed by atoms with van der Waals surface area (Å²) in [6, 6.07) is 14.6. The molecule has 1 N–H and O–H groups in total. The van der Waals surface area contributed by atoms with E-state index >= 15 is 0 Å². The molecule has 1 heterocycles. The van der Waals surface area contributed by atoms with Gasteiger partial charge >= 0.3 is 0 Å². The second kappa shape index (κ2) is 10.1. The third-order valence-corrected chi connectivity index (χ3v) is 7.60. The van der Waals surface area contributed by atoms with Crippen LogP contribution in [0.15, 0.2) is 70.9 Å². The Morgan fingerprint density at radius 2 is 1.78 bits per heavy atom. The van der Waals surface area contributed by atoms with E-state index in [1.165, 1.54) is 30.6 Å². The fraction of sp³-hybridized carbons (Fsp3) is 0.261. The van der Waals surface area contributed by atoms with Gasteiger partial charge in [0.05, 0.1) is 23.7 Å². The van der Waals surface area contributed by atoms with Crippen LogP contribution in [0.3, 0.4) is 0 Å². The molecular formula is C23H25FN2O4S2. The van der Waals surface area contributed by atoms with Gasteiger partial charge in [-0.05, 0) is 53.8 Å². The van der Waals surface area contributed by atoms with Crippen LogP contribution in [0.2, 0.25) is 0 Å². The predicted octanol–water partition coefficient (Wildman–Crippen LogP) is 4.60. The lowest BCUT2D eigenvalue weighted by Gasteiger charge is -2.27. The minimum Gasteiger partial charge on any atom is -0.495 e. The summed E-state index contributed by atoms with van der Waals surface area (Å²) in [5.41, 5.74) is 0.215. The minimum absolute atomic E-state index is 0.103. The number of nitrogens with one attached hydrogen (secondary N) is 1. The van der Waals surface area contributed by atoms with Gasteiger partial charge in [0.1, 0.15) is 18.1 Å². The summed E-state index contributed by atoms with van der Waals surface area (Å²) >= 11 is 1.52. The van der Waals surface area contributed by atoms with Crippen molar-refractivity contribution in [3.05, 3.63) is 76.7 Å². The Labute approximate surface area is 191 Å². The first-order valence-corrected chi connectivity index (χ1v) is 12.3. The zero-order valence-corrected chi connectivity index (χ0v) is 19.6. The number of halogens is 1. The van der Waals surface area contributed by atoms with Crippen LogP contribution in [-0.2, 0) is 14.8 Å². The number of benzene rings is 2. The van der Waals surface area contributed by atoms with E-state index < -0.39 is 28.3 Å². The van der Waals surface area contributed by atoms with Crippen LogP contribution in [0.25, 0.3) is 0 Å². The van der Waals surface area contributed by atoms with Crippen LogP contribution in [0, 0.1) is 11.7 Å². The molecule has 1 amide bonds. The van der Waals surface area contributed by atoms with E-state index in [-0.39, 0.29) is 22.5 Å². The van der Waals surface area contributed by atoms with Gasteiger partial charge in [-0.2, -0.15) is 0 Å². The summed E-state index contributed by atoms with van der Waals surface area (Å²) in [4.78, 5) is 13.9. The number of carbonyl (C=O) groups excluding carboxylic acids is 1. The molecule has 6 nitrogen and oxygen atoms in total. The molecule has 3 aromatic rings. The van der Waals surface area contributed by atoms with Crippen LogP contribution in [0.5, 0.6) is 5.75 Å². The van der Waals surface area contributed by atoms with Gasteiger partial charge in [0.25, 0.3) is 10.0 Å². The maximum absolute atomic E-state index is 13.5. The van der Waals surface area contributed by atoms with Crippen molar-refractivity contribution >= 4 is 33.0 Å². The Balaban J connectivity index is 1.97. The molecular weight excluding hydrogens is 451 g/mol. The molecule has 9 heteroatoms. The van der Waals surface area contributed by atoms with Crippen LogP contribution in [-0.4, -0.2) is 28.0 Å². The standard InChI is InChI=1S/C23H25FN2O4S2/c1-16(2)23(21-9-6-14-31-21)25-22(27)15-26(19-7-4-5-8-20(19)30-3)32(28,29)18-12-10-17(24)11-13-18/h4-14,16,23H,15H2,1-3H3,(H,25,27). The molecule has 0 aliphatic carbocycles. The second-order valence-electron chi connectivity index (χ2n) is 7.44. The summed E-state index contributed by atoms with van der Waals surface area (Å²) < 4.78 is 46.6. The molecule has 0 saturated carbocycles. The number of anilines is 1. The van der Waals surface area contributed by atoms with Crippen LogP contribution >= 0.6 is 11.3 Å². The van der Waals surface area contributed by atoms with Gasteiger partial charge in [0.15, 0.2) is 0 Å². The van der Waals surface area contributed by atoms with E-state index in [9.17, 15) is 17.6 Å². The quantitative estimate of drug-likeness (QED) is 0.490. The number of hydrogen-bond acceptors (Lipinski definition) is 5. The van der Waals surface area contributed by atoms with Gasteiger partial charge < -0.3 is 10.1 Å². The van der Waals surface area contributed by atoms with Crippen molar-refractivity contribution in [1.82, 2.24) is 5.32 Å². The second-order valence-corrected chi connectivity index (χ2v) is 10.3. The number of para-hydroxylation sites is 2. The van der Waals surface area contributed by atoms with Crippen LogP contribution in [0.1, 0.15) is 24.8 Å². The lowest BCUT2D eigenvalue weighted by atomic mass is 10.0. The van der Waals surface area contributed by atoms with Crippen molar-refractivity contribution < 1.29 is 22.3 Å². The number of hydrogen-bond donors (Lipinski definition) is 1. The number of carbonyl (C=O) groups is 1. The number of nitrogens with zero attached hydrogens (tertiary/aromatic N) is 1. The SMILES string of the molecule is COc1ccccc1N(CC(=O)NC(c1cccs1)C(C)C)S(=O)(=O)c1ccc(F)cc1. The number of sulfonamides is 1. The molecule has 0 fully saturated rings. The van der Waals surface area contributed by atoms with E-state index in [0.29, 0.717) is 5.75 Å². The Kier molecular flexibility index (Phi) is 7.52. The predicted molar refractivity (Wildman–Crippen MR) is 124 cm³/mol. The maximum Gasteiger partial charge on any atom is 0.264 e. The monoisotopic (exact) mass is 476 g/mol. The molecule has 1 aromatic heterocycles. The Morgan fingerprint density at radius 1 is 1.09 bits per heavy atom. The highest BCUT2D eigenvalue weighted by Gasteiger charge is 2.30. The van der Waals surface area contributed by atoms with Crippen molar-refractivity contribution in [2.24, 2.45) is 5.92 Å². The van der Waals surface area contributed by atoms with Crippen molar-refractivity contribution in [2.45, 2.75) is 24.8 Å². The number of rotatable bonds is 9. The molecule has 0 aliphatic heterocycles. The number of methoxy groups -OCH3 is 1. The molecule has 0 bridgehead atoms. The van der Waals surface area contributed by atoms with Crippen LogP contribution < -0.4 is 14.4 Å². The summed E-state index contributed by atoms with van der Waals surface area (Å²) in [5.74, 6) is -0.620. The molecule has 0 spiro atoms. The van der Waals surface area contributed by atoms with E-state index in [2.05, 4.69) is 5.32 Å². The first kappa shape index (κ1) is 23.7. The summed E-state index contributed by atoms with van der Waals surface area (Å²) in [7, 11) is -2.76. The van der Waals surface area contributed by atoms with Gasteiger partial charge in [-0.1, -0.05) is 32.0 Å². The Bertz CT molecular complexity index is 1150. The molecule has 0 saturated heterocycles. The molecule has 2 aromatic carbocycles. The lowest BCUT2D eigenvalue weighted by Crippen LogP contribution is -2.43. The fourth-order valence-corrected chi connectivity index (χ4v) is 5.63. The van der Waals surface area contributed by atoms with Crippen molar-refractivity contribution in [2.75, 3.05) is 18.0 Å². The Morgan fingerprint density at radius 3 is 2.38 bits per heavy atom. The van der Waals surface area contributed by atoms with E-state index in [0.717, 1.165) is 21.3 Å². The van der Waals surface area contributed by atoms with Gasteiger partial charge in [0, 0.05) is 4.88 Å². The molecule has 32 heavy (non-hydrogen) atoms. The summed E-state index contributed by atoms with van der Waals surface area (Å²) in [5, 5.41) is 4.88. The number of thiophene rings is 1. The minimum atomic E-state index is -4.18. The molecule has 170 valence electrons. The zero-order valence-electron chi connectivity index (χ0n) is 18.0. The largest absolute Gasteiger partial charge is 0.495 e. The lowest BCUT2D eigenvalue weighted by molar-refractivity contribution is -0.120. The zero-order chi connectivity index (χ0) is 23.3. The first-order chi connectivity index (χ1) is 15.2. The van der Waals surface area contributed by atoms with Crippen molar-refractivity contribution in [3.8, 4) is 5.75 Å². The molecule has 3 rings (SSSR count). The van der Waals surface area contributed by atoms with Crippen LogP contribution in [0.4, 0.5) is 10.1 Å². The molecule has 0 aliphatic rings. The summed E-state index contributed by atoms with van der Waals surface area (Å²) in [6.45, 7) is 3.50. The topological polar surface area (TPSA) is 75.7 Å². The normalized spacial score (nSPS) is 12.4. The number of amides is 1. The van der Waals surface area contributed by atoms with Gasteiger partial charge in [-0.15, -0.1) is 11.3 Å². The Hall–Kier alpha value is -2.91. The van der Waals surface area contributed by atoms with Gasteiger partial charge in [-0.25, -0.2) is 12.8 Å². The average Bonchev–Trinajstić information content (AvgIpc) is 3.30. The average molecular weight is 477 g/mol. The van der Waals surface area contributed by atoms with E-state index in [1.807, 2.05) is 31.4 Å². The molecule has 1 unspecified atom stereocenters. The highest BCUT2D eigenvalue weighted by molar-refractivity contribution is 7.92. The van der Waals surface area contributed by atoms with Gasteiger partial charge in [-0.3, -0.25) is 9.10 Å². The highest BCUT2D eigenvalue weighted by Crippen LogP contribution is 2.32. The smallest absolute Gasteiger partial charge is 0.264 e.